The lowest BCUT2D eigenvalue weighted by atomic mass is 10.1. The van der Waals surface area contributed by atoms with Crippen molar-refractivity contribution in [3.63, 3.8) is 0 Å². The Kier molecular flexibility index (Phi) is 3.55. The van der Waals surface area contributed by atoms with Crippen molar-refractivity contribution in [2.24, 2.45) is 0 Å². The van der Waals surface area contributed by atoms with Crippen molar-refractivity contribution in [1.82, 2.24) is 10.3 Å². The Morgan fingerprint density at radius 1 is 1.44 bits per heavy atom. The van der Waals surface area contributed by atoms with Crippen molar-refractivity contribution in [2.75, 3.05) is 0 Å². The van der Waals surface area contributed by atoms with Crippen molar-refractivity contribution in [3.8, 4) is 0 Å². The van der Waals surface area contributed by atoms with Gasteiger partial charge in [-0.2, -0.15) is 0 Å². The molecule has 18 heavy (non-hydrogen) atoms. The van der Waals surface area contributed by atoms with E-state index in [0.29, 0.717) is 6.54 Å². The molecule has 0 atom stereocenters. The maximum atomic E-state index is 11.5. The van der Waals surface area contributed by atoms with Crippen LogP contribution in [0.5, 0.6) is 0 Å². The summed E-state index contributed by atoms with van der Waals surface area (Å²) in [7, 11) is 0. The molecule has 0 spiro atoms. The second-order valence-corrected chi connectivity index (χ2v) is 5.66. The fourth-order valence-electron chi connectivity index (χ4n) is 2.06. The Labute approximate surface area is 108 Å². The van der Waals surface area contributed by atoms with Crippen LogP contribution in [-0.4, -0.2) is 16.7 Å². The predicted octanol–water partition coefficient (Wildman–Crippen LogP) is 2.60. The molecule has 2 rings (SSSR count). The van der Waals surface area contributed by atoms with E-state index in [0.717, 1.165) is 18.4 Å². The third-order valence-corrected chi connectivity index (χ3v) is 2.81. The number of carbonyl (C=O) groups excluding carboxylic acids is 1. The predicted molar refractivity (Wildman–Crippen MR) is 69.3 cm³/mol. The quantitative estimate of drug-likeness (QED) is 0.875. The van der Waals surface area contributed by atoms with Gasteiger partial charge in [0, 0.05) is 18.4 Å². The van der Waals surface area contributed by atoms with E-state index in [9.17, 15) is 4.79 Å². The van der Waals surface area contributed by atoms with Gasteiger partial charge >= 0.3 is 6.09 Å². The van der Waals surface area contributed by atoms with Crippen molar-refractivity contribution < 1.29 is 9.53 Å². The summed E-state index contributed by atoms with van der Waals surface area (Å²) in [6, 6.07) is 2.13. The molecule has 1 aromatic heterocycles. The van der Waals surface area contributed by atoms with Gasteiger partial charge in [0.2, 0.25) is 0 Å². The van der Waals surface area contributed by atoms with E-state index in [1.54, 1.807) is 0 Å². The molecule has 0 bridgehead atoms. The van der Waals surface area contributed by atoms with E-state index < -0.39 is 5.60 Å². The fourth-order valence-corrected chi connectivity index (χ4v) is 2.06. The molecule has 4 nitrogen and oxygen atoms in total. The molecule has 0 radical (unpaired) electrons. The van der Waals surface area contributed by atoms with Crippen LogP contribution in [-0.2, 0) is 24.1 Å². The average Bonchev–Trinajstić information content (AvgIpc) is 2.71. The van der Waals surface area contributed by atoms with Crippen LogP contribution in [0.1, 0.15) is 44.0 Å². The fraction of sp³-hybridized carbons (Fsp3) is 0.571. The number of hydrogen-bond donors (Lipinski definition) is 1. The number of nitrogens with one attached hydrogen (secondary N) is 1. The summed E-state index contributed by atoms with van der Waals surface area (Å²) in [4.78, 5) is 15.9. The van der Waals surface area contributed by atoms with Crippen molar-refractivity contribution in [3.05, 3.63) is 29.1 Å². The van der Waals surface area contributed by atoms with Crippen LogP contribution in [0.15, 0.2) is 12.3 Å². The first kappa shape index (κ1) is 12.9. The maximum Gasteiger partial charge on any atom is 0.407 e. The molecule has 0 saturated carbocycles. The molecule has 98 valence electrons. The van der Waals surface area contributed by atoms with E-state index in [1.807, 2.05) is 27.0 Å². The molecular formula is C14H20N2O2. The molecule has 0 aromatic carbocycles. The summed E-state index contributed by atoms with van der Waals surface area (Å²) in [5.41, 5.74) is 3.09. The number of aromatic nitrogens is 1. The van der Waals surface area contributed by atoms with Crippen LogP contribution >= 0.6 is 0 Å². The smallest absolute Gasteiger partial charge is 0.407 e. The van der Waals surface area contributed by atoms with Crippen LogP contribution in [0.2, 0.25) is 0 Å². The summed E-state index contributed by atoms with van der Waals surface area (Å²) in [5.74, 6) is 0. The lowest BCUT2D eigenvalue weighted by molar-refractivity contribution is 0.0523. The standard InChI is InChI=1S/C14H20N2O2/c1-14(2,3)18-13(17)16-9-10-7-11-5-4-6-12(11)15-8-10/h7-8H,4-6,9H2,1-3H3,(H,16,17). The molecular weight excluding hydrogens is 228 g/mol. The van der Waals surface area contributed by atoms with E-state index in [4.69, 9.17) is 4.74 Å². The van der Waals surface area contributed by atoms with E-state index in [2.05, 4.69) is 16.4 Å². The average molecular weight is 248 g/mol. The van der Waals surface area contributed by atoms with Gasteiger partial charge in [-0.05, 0) is 51.2 Å². The number of pyridine rings is 1. The van der Waals surface area contributed by atoms with Gasteiger partial charge in [0.1, 0.15) is 5.60 Å². The van der Waals surface area contributed by atoms with Gasteiger partial charge < -0.3 is 10.1 Å². The first-order valence-electron chi connectivity index (χ1n) is 6.37. The van der Waals surface area contributed by atoms with Crippen molar-refractivity contribution in [1.29, 1.82) is 0 Å². The normalized spacial score (nSPS) is 14.2. The molecule has 0 unspecified atom stereocenters. The summed E-state index contributed by atoms with van der Waals surface area (Å²) in [6.07, 6.45) is 4.81. The molecule has 1 N–H and O–H groups in total. The summed E-state index contributed by atoms with van der Waals surface area (Å²) >= 11 is 0. The molecule has 1 amide bonds. The monoisotopic (exact) mass is 248 g/mol. The van der Waals surface area contributed by atoms with Gasteiger partial charge in [-0.3, -0.25) is 4.98 Å². The molecule has 1 aliphatic rings. The zero-order chi connectivity index (χ0) is 13.2. The second-order valence-electron chi connectivity index (χ2n) is 5.66. The van der Waals surface area contributed by atoms with Crippen LogP contribution in [0.4, 0.5) is 4.79 Å². The van der Waals surface area contributed by atoms with Gasteiger partial charge in [0.25, 0.3) is 0 Å². The number of hydrogen-bond acceptors (Lipinski definition) is 3. The highest BCUT2D eigenvalue weighted by molar-refractivity contribution is 5.67. The van der Waals surface area contributed by atoms with Crippen molar-refractivity contribution >= 4 is 6.09 Å². The van der Waals surface area contributed by atoms with Crippen LogP contribution < -0.4 is 5.32 Å². The van der Waals surface area contributed by atoms with Crippen LogP contribution in [0.25, 0.3) is 0 Å². The lowest BCUT2D eigenvalue weighted by Gasteiger charge is -2.19. The first-order valence-corrected chi connectivity index (χ1v) is 6.37. The van der Waals surface area contributed by atoms with Gasteiger partial charge in [-0.15, -0.1) is 0 Å². The van der Waals surface area contributed by atoms with E-state index in [1.165, 1.54) is 17.7 Å². The minimum absolute atomic E-state index is 0.386. The number of nitrogens with zero attached hydrogens (tertiary/aromatic N) is 1. The molecule has 0 aliphatic heterocycles. The molecule has 1 aliphatic carbocycles. The Morgan fingerprint density at radius 3 is 2.94 bits per heavy atom. The Bertz CT molecular complexity index is 450. The summed E-state index contributed by atoms with van der Waals surface area (Å²) in [5, 5.41) is 2.75. The SMILES string of the molecule is CC(C)(C)OC(=O)NCc1cnc2c(c1)CCC2. The lowest BCUT2D eigenvalue weighted by Crippen LogP contribution is -2.32. The Balaban J connectivity index is 1.89. The maximum absolute atomic E-state index is 11.5. The number of fused-ring (bicyclic) bond motifs is 1. The zero-order valence-electron chi connectivity index (χ0n) is 11.2. The summed E-state index contributed by atoms with van der Waals surface area (Å²) < 4.78 is 5.18. The number of alkyl carbamates (subject to hydrolysis) is 1. The van der Waals surface area contributed by atoms with Crippen LogP contribution in [0, 0.1) is 0 Å². The summed E-state index contributed by atoms with van der Waals surface area (Å²) in [6.45, 7) is 6.02. The minimum Gasteiger partial charge on any atom is -0.444 e. The third kappa shape index (κ3) is 3.45. The highest BCUT2D eigenvalue weighted by Crippen LogP contribution is 2.20. The minimum atomic E-state index is -0.458. The number of ether oxygens (including phenoxy) is 1. The first-order chi connectivity index (χ1) is 8.44. The highest BCUT2D eigenvalue weighted by Gasteiger charge is 2.16. The van der Waals surface area contributed by atoms with Crippen molar-refractivity contribution in [2.45, 2.75) is 52.2 Å². The molecule has 1 heterocycles. The van der Waals surface area contributed by atoms with Gasteiger partial charge in [-0.25, -0.2) is 4.79 Å². The van der Waals surface area contributed by atoms with Gasteiger partial charge in [0.15, 0.2) is 0 Å². The number of amides is 1. The number of carbonyl (C=O) groups is 1. The number of rotatable bonds is 2. The topological polar surface area (TPSA) is 51.2 Å². The van der Waals surface area contributed by atoms with E-state index in [-0.39, 0.29) is 6.09 Å². The second kappa shape index (κ2) is 4.96. The molecule has 0 fully saturated rings. The Hall–Kier alpha value is -1.58. The molecule has 4 heteroatoms. The molecule has 0 saturated heterocycles. The van der Waals surface area contributed by atoms with Gasteiger partial charge in [0.05, 0.1) is 0 Å². The van der Waals surface area contributed by atoms with E-state index >= 15 is 0 Å². The highest BCUT2D eigenvalue weighted by atomic mass is 16.6. The number of aryl methyl sites for hydroxylation is 2. The Morgan fingerprint density at radius 2 is 2.22 bits per heavy atom. The largest absolute Gasteiger partial charge is 0.444 e. The molecule has 1 aromatic rings. The third-order valence-electron chi connectivity index (χ3n) is 2.81. The van der Waals surface area contributed by atoms with Crippen LogP contribution in [0.3, 0.4) is 0 Å². The zero-order valence-corrected chi connectivity index (χ0v) is 11.2. The van der Waals surface area contributed by atoms with Gasteiger partial charge in [-0.1, -0.05) is 6.07 Å².